The highest BCUT2D eigenvalue weighted by Gasteiger charge is 2.24. The number of aliphatic hydroxyl groups is 1. The molecule has 0 aliphatic heterocycles. The zero-order valence-electron chi connectivity index (χ0n) is 12.8. The van der Waals surface area contributed by atoms with Crippen molar-refractivity contribution in [3.63, 3.8) is 0 Å². The summed E-state index contributed by atoms with van der Waals surface area (Å²) in [6.45, 7) is 3.91. The SMILES string of the molecule is CCC1CCC(N(C)c2ccc([C@@H](C)O)cc2F)CC1. The number of halogens is 1. The van der Waals surface area contributed by atoms with Gasteiger partial charge in [0, 0.05) is 13.1 Å². The summed E-state index contributed by atoms with van der Waals surface area (Å²) < 4.78 is 14.2. The average molecular weight is 279 g/mol. The lowest BCUT2D eigenvalue weighted by Gasteiger charge is -2.36. The van der Waals surface area contributed by atoms with Gasteiger partial charge in [0.15, 0.2) is 0 Å². The molecule has 3 heteroatoms. The molecule has 1 aliphatic rings. The number of anilines is 1. The van der Waals surface area contributed by atoms with E-state index in [2.05, 4.69) is 11.8 Å². The van der Waals surface area contributed by atoms with E-state index in [1.54, 1.807) is 13.0 Å². The minimum Gasteiger partial charge on any atom is -0.389 e. The van der Waals surface area contributed by atoms with E-state index in [0.29, 0.717) is 17.3 Å². The first kappa shape index (κ1) is 15.3. The first-order valence-corrected chi connectivity index (χ1v) is 7.73. The van der Waals surface area contributed by atoms with E-state index in [1.807, 2.05) is 13.1 Å². The van der Waals surface area contributed by atoms with E-state index in [4.69, 9.17) is 0 Å². The highest BCUT2D eigenvalue weighted by Crippen LogP contribution is 2.32. The van der Waals surface area contributed by atoms with Gasteiger partial charge in [-0.05, 0) is 56.2 Å². The topological polar surface area (TPSA) is 23.5 Å². The number of rotatable bonds is 4. The van der Waals surface area contributed by atoms with Gasteiger partial charge in [-0.2, -0.15) is 0 Å². The van der Waals surface area contributed by atoms with Gasteiger partial charge in [0.25, 0.3) is 0 Å². The third-order valence-corrected chi connectivity index (χ3v) is 4.78. The molecule has 1 fully saturated rings. The van der Waals surface area contributed by atoms with Gasteiger partial charge < -0.3 is 10.0 Å². The first-order valence-electron chi connectivity index (χ1n) is 7.73. The van der Waals surface area contributed by atoms with Crippen LogP contribution in [0.25, 0.3) is 0 Å². The maximum atomic E-state index is 14.2. The second-order valence-corrected chi connectivity index (χ2v) is 6.08. The van der Waals surface area contributed by atoms with Crippen molar-refractivity contribution in [1.29, 1.82) is 0 Å². The zero-order chi connectivity index (χ0) is 14.7. The van der Waals surface area contributed by atoms with E-state index in [0.717, 1.165) is 18.8 Å². The van der Waals surface area contributed by atoms with Gasteiger partial charge in [0.05, 0.1) is 11.8 Å². The third kappa shape index (κ3) is 3.32. The molecule has 0 bridgehead atoms. The molecule has 1 aromatic rings. The summed E-state index contributed by atoms with van der Waals surface area (Å²) in [4.78, 5) is 2.08. The van der Waals surface area contributed by atoms with Gasteiger partial charge in [-0.1, -0.05) is 19.4 Å². The summed E-state index contributed by atoms with van der Waals surface area (Å²) in [5.74, 6) is 0.616. The molecule has 0 heterocycles. The van der Waals surface area contributed by atoms with Gasteiger partial charge in [0.2, 0.25) is 0 Å². The molecule has 0 saturated heterocycles. The Morgan fingerprint density at radius 3 is 2.45 bits per heavy atom. The number of benzene rings is 1. The fourth-order valence-corrected chi connectivity index (χ4v) is 3.21. The van der Waals surface area contributed by atoms with Crippen LogP contribution >= 0.6 is 0 Å². The summed E-state index contributed by atoms with van der Waals surface area (Å²) in [6.07, 6.45) is 5.43. The van der Waals surface area contributed by atoms with Gasteiger partial charge in [0.1, 0.15) is 5.82 Å². The molecule has 0 unspecified atom stereocenters. The normalized spacial score (nSPS) is 24.4. The lowest BCUT2D eigenvalue weighted by Crippen LogP contribution is -2.35. The van der Waals surface area contributed by atoms with Gasteiger partial charge >= 0.3 is 0 Å². The van der Waals surface area contributed by atoms with Crippen LogP contribution < -0.4 is 4.90 Å². The molecule has 1 aliphatic carbocycles. The van der Waals surface area contributed by atoms with Crippen molar-refractivity contribution < 1.29 is 9.50 Å². The van der Waals surface area contributed by atoms with E-state index >= 15 is 0 Å². The average Bonchev–Trinajstić information content (AvgIpc) is 2.46. The summed E-state index contributed by atoms with van der Waals surface area (Å²) in [7, 11) is 1.98. The van der Waals surface area contributed by atoms with Crippen molar-refractivity contribution in [2.24, 2.45) is 5.92 Å². The second kappa shape index (κ2) is 6.57. The highest BCUT2D eigenvalue weighted by atomic mass is 19.1. The third-order valence-electron chi connectivity index (χ3n) is 4.78. The predicted molar refractivity (Wildman–Crippen MR) is 81.5 cm³/mol. The van der Waals surface area contributed by atoms with E-state index in [-0.39, 0.29) is 5.82 Å². The van der Waals surface area contributed by atoms with Gasteiger partial charge in [-0.15, -0.1) is 0 Å². The molecular formula is C17H26FNO. The van der Waals surface area contributed by atoms with Crippen LogP contribution in [0.1, 0.15) is 57.6 Å². The molecule has 2 nitrogen and oxygen atoms in total. The van der Waals surface area contributed by atoms with E-state index < -0.39 is 6.10 Å². The molecule has 0 radical (unpaired) electrons. The van der Waals surface area contributed by atoms with Crippen LogP contribution in [-0.2, 0) is 0 Å². The smallest absolute Gasteiger partial charge is 0.146 e. The van der Waals surface area contributed by atoms with Crippen LogP contribution in [0.15, 0.2) is 18.2 Å². The molecule has 20 heavy (non-hydrogen) atoms. The number of aliphatic hydroxyl groups excluding tert-OH is 1. The number of nitrogens with zero attached hydrogens (tertiary/aromatic N) is 1. The molecule has 1 aromatic carbocycles. The molecule has 0 aromatic heterocycles. The molecule has 2 rings (SSSR count). The largest absolute Gasteiger partial charge is 0.389 e. The van der Waals surface area contributed by atoms with Crippen molar-refractivity contribution in [3.8, 4) is 0 Å². The molecule has 112 valence electrons. The van der Waals surface area contributed by atoms with Crippen molar-refractivity contribution in [1.82, 2.24) is 0 Å². The van der Waals surface area contributed by atoms with Crippen molar-refractivity contribution >= 4 is 5.69 Å². The molecule has 0 amide bonds. The molecule has 1 N–H and O–H groups in total. The van der Waals surface area contributed by atoms with Crippen molar-refractivity contribution in [2.45, 2.75) is 58.1 Å². The van der Waals surface area contributed by atoms with Crippen LogP contribution in [0.5, 0.6) is 0 Å². The minimum absolute atomic E-state index is 0.233. The highest BCUT2D eigenvalue weighted by molar-refractivity contribution is 5.49. The molecule has 1 saturated carbocycles. The number of hydrogen-bond acceptors (Lipinski definition) is 2. The van der Waals surface area contributed by atoms with Crippen molar-refractivity contribution in [2.75, 3.05) is 11.9 Å². The zero-order valence-corrected chi connectivity index (χ0v) is 12.8. The van der Waals surface area contributed by atoms with Crippen LogP contribution in [0.4, 0.5) is 10.1 Å². The van der Waals surface area contributed by atoms with Crippen LogP contribution in [0.2, 0.25) is 0 Å². The Labute approximate surface area is 121 Å². The standard InChI is InChI=1S/C17H26FNO/c1-4-13-5-8-15(9-6-13)19(3)17-10-7-14(12(2)20)11-16(17)18/h7,10-13,15,20H,4-6,8-9H2,1-3H3/t12-,13?,15?/m1/s1. The maximum absolute atomic E-state index is 14.2. The predicted octanol–water partition coefficient (Wildman–Crippen LogP) is 4.28. The Morgan fingerprint density at radius 2 is 1.95 bits per heavy atom. The Hall–Kier alpha value is -1.09. The summed E-state index contributed by atoms with van der Waals surface area (Å²) in [5.41, 5.74) is 1.28. The van der Waals surface area contributed by atoms with Crippen LogP contribution in [0, 0.1) is 11.7 Å². The van der Waals surface area contributed by atoms with E-state index in [9.17, 15) is 9.50 Å². The molecule has 0 spiro atoms. The monoisotopic (exact) mass is 279 g/mol. The minimum atomic E-state index is -0.621. The Bertz CT molecular complexity index is 439. The Morgan fingerprint density at radius 1 is 1.30 bits per heavy atom. The van der Waals surface area contributed by atoms with Gasteiger partial charge in [-0.25, -0.2) is 4.39 Å². The lowest BCUT2D eigenvalue weighted by molar-refractivity contribution is 0.199. The second-order valence-electron chi connectivity index (χ2n) is 6.08. The van der Waals surface area contributed by atoms with Crippen molar-refractivity contribution in [3.05, 3.63) is 29.6 Å². The van der Waals surface area contributed by atoms with Crippen LogP contribution in [-0.4, -0.2) is 18.2 Å². The molecule has 1 atom stereocenters. The number of hydrogen-bond donors (Lipinski definition) is 1. The summed E-state index contributed by atoms with van der Waals surface area (Å²) in [6, 6.07) is 5.50. The van der Waals surface area contributed by atoms with Gasteiger partial charge in [-0.3, -0.25) is 0 Å². The molecular weight excluding hydrogens is 253 g/mol. The van der Waals surface area contributed by atoms with Crippen LogP contribution in [0.3, 0.4) is 0 Å². The fourth-order valence-electron chi connectivity index (χ4n) is 3.21. The van der Waals surface area contributed by atoms with E-state index in [1.165, 1.54) is 25.3 Å². The summed E-state index contributed by atoms with van der Waals surface area (Å²) >= 11 is 0. The maximum Gasteiger partial charge on any atom is 0.146 e. The lowest BCUT2D eigenvalue weighted by atomic mass is 9.84. The Kier molecular flexibility index (Phi) is 5.03. The first-order chi connectivity index (χ1) is 9.52. The fraction of sp³-hybridized carbons (Fsp3) is 0.647. The Balaban J connectivity index is 2.07. The quantitative estimate of drug-likeness (QED) is 0.889. The summed E-state index contributed by atoms with van der Waals surface area (Å²) in [5, 5.41) is 9.50.